The van der Waals surface area contributed by atoms with Crippen LogP contribution in [0.1, 0.15) is 22.5 Å². The van der Waals surface area contributed by atoms with Gasteiger partial charge in [0.25, 0.3) is 5.69 Å². The molecule has 13 heteroatoms. The highest BCUT2D eigenvalue weighted by Crippen LogP contribution is 2.45. The molecule has 1 heterocycles. The van der Waals surface area contributed by atoms with Crippen molar-refractivity contribution in [2.24, 2.45) is 5.10 Å². The first kappa shape index (κ1) is 23.2. The first-order chi connectivity index (χ1) is 13.6. The minimum atomic E-state index is -6.47. The monoisotopic (exact) mass is 440 g/mol. The number of alkyl halides is 7. The van der Waals surface area contributed by atoms with Crippen molar-refractivity contribution in [3.8, 4) is 5.69 Å². The Bertz CT molecular complexity index is 997. The van der Waals surface area contributed by atoms with Crippen LogP contribution in [-0.4, -0.2) is 33.9 Å². The number of rotatable bonds is 6. The van der Waals surface area contributed by atoms with E-state index >= 15 is 0 Å². The van der Waals surface area contributed by atoms with E-state index in [1.165, 1.54) is 31.2 Å². The van der Waals surface area contributed by atoms with Crippen LogP contribution < -0.4 is 5.43 Å². The Morgan fingerprint density at radius 2 is 1.67 bits per heavy atom. The van der Waals surface area contributed by atoms with Crippen molar-refractivity contribution in [3.05, 3.63) is 56.9 Å². The van der Waals surface area contributed by atoms with Crippen LogP contribution in [0, 0.1) is 30.9 Å². The molecule has 2 aromatic rings. The molecule has 1 aromatic heterocycles. The van der Waals surface area contributed by atoms with Crippen molar-refractivity contribution < 1.29 is 35.7 Å². The summed E-state index contributed by atoms with van der Waals surface area (Å²) in [6, 6.07) is -0.187. The molecule has 1 N–H and O–H groups in total. The summed E-state index contributed by atoms with van der Waals surface area (Å²) in [5.74, 6) is -6.33. The van der Waals surface area contributed by atoms with Gasteiger partial charge in [0.05, 0.1) is 11.1 Å². The molecule has 0 radical (unpaired) electrons. The molecule has 0 saturated heterocycles. The van der Waals surface area contributed by atoms with E-state index in [4.69, 9.17) is 0 Å². The predicted octanol–water partition coefficient (Wildman–Crippen LogP) is 5.02. The third-order valence-electron chi connectivity index (χ3n) is 4.26. The lowest BCUT2D eigenvalue weighted by Crippen LogP contribution is -2.58. The average Bonchev–Trinajstić information content (AvgIpc) is 2.87. The standard InChI is InChI=1S/C17H15F7N4O2/c1-9-6-13(28(29)30)4-5-14(9)27-10(2)7-12(11(27)3)8-25-26-17(23,24)15(18,19)16(20,21)22/h4-8,26H,1-3H3/b25-8+. The van der Waals surface area contributed by atoms with Crippen molar-refractivity contribution >= 4 is 11.9 Å². The van der Waals surface area contributed by atoms with Gasteiger partial charge in [0.2, 0.25) is 0 Å². The van der Waals surface area contributed by atoms with Gasteiger partial charge in [-0.2, -0.15) is 35.8 Å². The third kappa shape index (κ3) is 4.09. The molecule has 0 atom stereocenters. The SMILES string of the molecule is Cc1cc([N+](=O)[O-])ccc1-n1c(C)cc(/C=N/NC(F)(F)C(F)(F)C(F)(F)F)c1C. The minimum Gasteiger partial charge on any atom is -0.318 e. The van der Waals surface area contributed by atoms with E-state index < -0.39 is 23.1 Å². The second kappa shape index (κ2) is 7.61. The Kier molecular flexibility index (Phi) is 5.88. The average molecular weight is 440 g/mol. The number of halogens is 7. The van der Waals surface area contributed by atoms with Gasteiger partial charge in [-0.1, -0.05) is 0 Å². The number of non-ortho nitro benzene ring substituents is 1. The summed E-state index contributed by atoms with van der Waals surface area (Å²) in [5, 5.41) is 13.7. The number of nitrogens with zero attached hydrogens (tertiary/aromatic N) is 3. The van der Waals surface area contributed by atoms with Gasteiger partial charge in [-0.25, -0.2) is 5.43 Å². The highest BCUT2D eigenvalue weighted by atomic mass is 19.4. The predicted molar refractivity (Wildman–Crippen MR) is 93.3 cm³/mol. The topological polar surface area (TPSA) is 72.5 Å². The largest absolute Gasteiger partial charge is 0.462 e. The molecule has 0 amide bonds. The van der Waals surface area contributed by atoms with E-state index in [-0.39, 0.29) is 11.3 Å². The molecule has 1 aromatic carbocycles. The Balaban J connectivity index is 2.34. The van der Waals surface area contributed by atoms with Gasteiger partial charge in [-0.15, -0.1) is 0 Å². The van der Waals surface area contributed by atoms with E-state index in [0.717, 1.165) is 0 Å². The zero-order valence-electron chi connectivity index (χ0n) is 15.7. The Morgan fingerprint density at radius 1 is 1.07 bits per heavy atom. The second-order valence-electron chi connectivity index (χ2n) is 6.41. The molecule has 0 aliphatic carbocycles. The molecule has 0 fully saturated rings. The molecule has 0 unspecified atom stereocenters. The van der Waals surface area contributed by atoms with Crippen LogP contribution in [-0.2, 0) is 0 Å². The molecule has 0 aliphatic heterocycles. The first-order valence-corrected chi connectivity index (χ1v) is 8.17. The van der Waals surface area contributed by atoms with E-state index in [0.29, 0.717) is 34.3 Å². The zero-order chi connectivity index (χ0) is 23.1. The summed E-state index contributed by atoms with van der Waals surface area (Å²) >= 11 is 0. The molecule has 30 heavy (non-hydrogen) atoms. The van der Waals surface area contributed by atoms with Gasteiger partial charge in [0.15, 0.2) is 0 Å². The molecular formula is C17H15F7N4O2. The van der Waals surface area contributed by atoms with Crippen LogP contribution in [0.25, 0.3) is 5.69 Å². The molecule has 0 saturated carbocycles. The smallest absolute Gasteiger partial charge is 0.318 e. The van der Waals surface area contributed by atoms with E-state index in [1.54, 1.807) is 18.4 Å². The number of nitro groups is 1. The fraction of sp³-hybridized carbons (Fsp3) is 0.353. The van der Waals surface area contributed by atoms with Crippen molar-refractivity contribution in [2.45, 2.75) is 38.9 Å². The number of hydrogen-bond acceptors (Lipinski definition) is 4. The fourth-order valence-corrected chi connectivity index (χ4v) is 2.72. The lowest BCUT2D eigenvalue weighted by atomic mass is 10.1. The lowest BCUT2D eigenvalue weighted by Gasteiger charge is -2.27. The molecule has 6 nitrogen and oxygen atoms in total. The molecule has 164 valence electrons. The first-order valence-electron chi connectivity index (χ1n) is 8.17. The number of aromatic nitrogens is 1. The fourth-order valence-electron chi connectivity index (χ4n) is 2.72. The summed E-state index contributed by atoms with van der Waals surface area (Å²) in [6.45, 7) is 4.75. The maximum atomic E-state index is 13.3. The Labute approximate surface area is 165 Å². The van der Waals surface area contributed by atoms with Gasteiger partial charge < -0.3 is 4.57 Å². The van der Waals surface area contributed by atoms with Crippen molar-refractivity contribution in [1.82, 2.24) is 9.99 Å². The second-order valence-corrected chi connectivity index (χ2v) is 6.41. The summed E-state index contributed by atoms with van der Waals surface area (Å²) in [5.41, 5.74) is 2.55. The molecule has 0 aliphatic rings. The van der Waals surface area contributed by atoms with Crippen molar-refractivity contribution in [2.75, 3.05) is 0 Å². The summed E-state index contributed by atoms with van der Waals surface area (Å²) in [7, 11) is 0. The quantitative estimate of drug-likeness (QED) is 0.225. The highest BCUT2D eigenvalue weighted by molar-refractivity contribution is 5.82. The molecule has 0 spiro atoms. The van der Waals surface area contributed by atoms with E-state index in [2.05, 4.69) is 5.10 Å². The number of hydrazone groups is 1. The molecule has 0 bridgehead atoms. The highest BCUT2D eigenvalue weighted by Gasteiger charge is 2.73. The lowest BCUT2D eigenvalue weighted by molar-refractivity contribution is -0.384. The van der Waals surface area contributed by atoms with Crippen molar-refractivity contribution in [3.63, 3.8) is 0 Å². The summed E-state index contributed by atoms with van der Waals surface area (Å²) in [6.07, 6.45) is -5.79. The van der Waals surface area contributed by atoms with Crippen LogP contribution >= 0.6 is 0 Å². The minimum absolute atomic E-state index is 0.141. The van der Waals surface area contributed by atoms with Crippen LogP contribution in [0.15, 0.2) is 29.4 Å². The number of nitrogens with one attached hydrogen (secondary N) is 1. The summed E-state index contributed by atoms with van der Waals surface area (Å²) < 4.78 is 90.3. The number of benzene rings is 1. The van der Waals surface area contributed by atoms with Gasteiger partial charge in [0.1, 0.15) is 0 Å². The van der Waals surface area contributed by atoms with Crippen LogP contribution in [0.4, 0.5) is 36.4 Å². The number of hydrogen-bond donors (Lipinski definition) is 1. The third-order valence-corrected chi connectivity index (χ3v) is 4.26. The van der Waals surface area contributed by atoms with E-state index in [1.807, 2.05) is 0 Å². The Morgan fingerprint density at radius 3 is 2.17 bits per heavy atom. The molecular weight excluding hydrogens is 425 g/mol. The van der Waals surface area contributed by atoms with Crippen molar-refractivity contribution in [1.29, 1.82) is 0 Å². The van der Waals surface area contributed by atoms with Crippen LogP contribution in [0.2, 0.25) is 0 Å². The molecule has 2 rings (SSSR count). The normalized spacial score (nSPS) is 13.1. The zero-order valence-corrected chi connectivity index (χ0v) is 15.7. The number of aryl methyl sites for hydroxylation is 2. The number of nitro benzene ring substituents is 1. The van der Waals surface area contributed by atoms with Gasteiger partial charge in [0, 0.05) is 34.8 Å². The summed E-state index contributed by atoms with van der Waals surface area (Å²) in [4.78, 5) is 10.3. The van der Waals surface area contributed by atoms with Crippen LogP contribution in [0.3, 0.4) is 0 Å². The van der Waals surface area contributed by atoms with Gasteiger partial charge in [-0.05, 0) is 38.5 Å². The van der Waals surface area contributed by atoms with Gasteiger partial charge in [-0.3, -0.25) is 10.1 Å². The Hall–Kier alpha value is -3.12. The van der Waals surface area contributed by atoms with Gasteiger partial charge >= 0.3 is 18.1 Å². The van der Waals surface area contributed by atoms with Crippen LogP contribution in [0.5, 0.6) is 0 Å². The maximum Gasteiger partial charge on any atom is 0.462 e. The maximum absolute atomic E-state index is 13.3. The van der Waals surface area contributed by atoms with E-state index in [9.17, 15) is 40.8 Å².